The number of anilines is 1. The molecule has 5 nitrogen and oxygen atoms in total. The van der Waals surface area contributed by atoms with Crippen LogP contribution < -0.4 is 4.90 Å². The summed E-state index contributed by atoms with van der Waals surface area (Å²) in [5.74, 6) is 0.0871. The van der Waals surface area contributed by atoms with Crippen molar-refractivity contribution in [3.05, 3.63) is 22.8 Å². The van der Waals surface area contributed by atoms with Crippen molar-refractivity contribution in [2.24, 2.45) is 5.92 Å². The molecule has 2 rings (SSSR count). The van der Waals surface area contributed by atoms with Gasteiger partial charge in [0.05, 0.1) is 6.61 Å². The molecular formula is C13H17ClN2O3. The number of likely N-dealkylation sites (N-methyl/N-ethyl adjacent to an activating group) is 1. The SMILES string of the molecule is CN(CCOCC1CC1)c1nc(Cl)ccc1C(=O)O. The molecule has 0 spiro atoms. The molecule has 1 heterocycles. The number of ether oxygens (including phenoxy) is 1. The van der Waals surface area contributed by atoms with Gasteiger partial charge < -0.3 is 14.7 Å². The number of hydrogen-bond acceptors (Lipinski definition) is 4. The van der Waals surface area contributed by atoms with E-state index in [1.165, 1.54) is 25.0 Å². The number of halogens is 1. The van der Waals surface area contributed by atoms with Gasteiger partial charge in [0.25, 0.3) is 0 Å². The molecular weight excluding hydrogens is 268 g/mol. The maximum atomic E-state index is 11.1. The highest BCUT2D eigenvalue weighted by Gasteiger charge is 2.21. The normalized spacial score (nSPS) is 14.4. The summed E-state index contributed by atoms with van der Waals surface area (Å²) in [5, 5.41) is 9.40. The number of nitrogens with zero attached hydrogens (tertiary/aromatic N) is 2. The van der Waals surface area contributed by atoms with E-state index < -0.39 is 5.97 Å². The molecule has 1 aromatic heterocycles. The third-order valence-corrected chi connectivity index (χ3v) is 3.27. The Labute approximate surface area is 117 Å². The summed E-state index contributed by atoms with van der Waals surface area (Å²) >= 11 is 5.81. The zero-order chi connectivity index (χ0) is 13.8. The van der Waals surface area contributed by atoms with Crippen molar-refractivity contribution in [3.8, 4) is 0 Å². The molecule has 0 unspecified atom stereocenters. The Hall–Kier alpha value is -1.33. The summed E-state index contributed by atoms with van der Waals surface area (Å²) in [6, 6.07) is 2.94. The molecule has 1 aliphatic rings. The zero-order valence-corrected chi connectivity index (χ0v) is 11.6. The highest BCUT2D eigenvalue weighted by molar-refractivity contribution is 6.29. The quantitative estimate of drug-likeness (QED) is 0.615. The van der Waals surface area contributed by atoms with Crippen LogP contribution in [0.3, 0.4) is 0 Å². The highest BCUT2D eigenvalue weighted by atomic mass is 35.5. The van der Waals surface area contributed by atoms with E-state index in [0.29, 0.717) is 19.0 Å². The van der Waals surface area contributed by atoms with Gasteiger partial charge in [-0.15, -0.1) is 0 Å². The lowest BCUT2D eigenvalue weighted by atomic mass is 10.2. The lowest BCUT2D eigenvalue weighted by molar-refractivity contribution is 0.0697. The van der Waals surface area contributed by atoms with Crippen LogP contribution in [0.25, 0.3) is 0 Å². The van der Waals surface area contributed by atoms with Crippen molar-refractivity contribution < 1.29 is 14.6 Å². The van der Waals surface area contributed by atoms with Crippen LogP contribution in [0.5, 0.6) is 0 Å². The minimum absolute atomic E-state index is 0.147. The number of aromatic carboxylic acids is 1. The van der Waals surface area contributed by atoms with Gasteiger partial charge in [0, 0.05) is 20.2 Å². The second-order valence-corrected chi connectivity index (χ2v) is 5.14. The van der Waals surface area contributed by atoms with Gasteiger partial charge >= 0.3 is 5.97 Å². The first-order valence-electron chi connectivity index (χ1n) is 6.26. The van der Waals surface area contributed by atoms with Crippen LogP contribution in [0.4, 0.5) is 5.82 Å². The first kappa shape index (κ1) is 14.1. The standard InChI is InChI=1S/C13H17ClN2O3/c1-16(6-7-19-8-9-2-3-9)12-10(13(17)18)4-5-11(14)15-12/h4-5,9H,2-3,6-8H2,1H3,(H,17,18). The molecule has 0 aromatic carbocycles. The van der Waals surface area contributed by atoms with Gasteiger partial charge in [0.2, 0.25) is 0 Å². The molecule has 6 heteroatoms. The smallest absolute Gasteiger partial charge is 0.339 e. The molecule has 104 valence electrons. The van der Waals surface area contributed by atoms with Crippen LogP contribution in [0.2, 0.25) is 5.15 Å². The van der Waals surface area contributed by atoms with E-state index in [2.05, 4.69) is 4.98 Å². The van der Waals surface area contributed by atoms with Crippen LogP contribution in [0, 0.1) is 5.92 Å². The number of rotatable bonds is 7. The van der Waals surface area contributed by atoms with Crippen molar-refractivity contribution in [1.82, 2.24) is 4.98 Å². The zero-order valence-electron chi connectivity index (χ0n) is 10.8. The monoisotopic (exact) mass is 284 g/mol. The highest BCUT2D eigenvalue weighted by Crippen LogP contribution is 2.28. The first-order valence-corrected chi connectivity index (χ1v) is 6.64. The average molecular weight is 285 g/mol. The van der Waals surface area contributed by atoms with E-state index in [-0.39, 0.29) is 10.7 Å². The fraction of sp³-hybridized carbons (Fsp3) is 0.538. The molecule has 1 fully saturated rings. The van der Waals surface area contributed by atoms with Crippen LogP contribution >= 0.6 is 11.6 Å². The summed E-state index contributed by atoms with van der Waals surface area (Å²) in [4.78, 5) is 17.0. The van der Waals surface area contributed by atoms with Gasteiger partial charge in [0.15, 0.2) is 0 Å². The second kappa shape index (κ2) is 6.21. The Morgan fingerprint density at radius 2 is 2.32 bits per heavy atom. The lowest BCUT2D eigenvalue weighted by Gasteiger charge is -2.20. The average Bonchev–Trinajstić information content (AvgIpc) is 3.18. The van der Waals surface area contributed by atoms with Crippen LogP contribution in [0.1, 0.15) is 23.2 Å². The molecule has 1 N–H and O–H groups in total. The predicted octanol–water partition coefficient (Wildman–Crippen LogP) is 2.30. The number of aromatic nitrogens is 1. The van der Waals surface area contributed by atoms with E-state index in [1.54, 1.807) is 11.9 Å². The van der Waals surface area contributed by atoms with E-state index in [1.807, 2.05) is 0 Å². The molecule has 0 radical (unpaired) electrons. The third-order valence-electron chi connectivity index (χ3n) is 3.05. The van der Waals surface area contributed by atoms with Crippen molar-refractivity contribution in [2.75, 3.05) is 31.7 Å². The number of carbonyl (C=O) groups is 1. The van der Waals surface area contributed by atoms with Crippen LogP contribution in [0.15, 0.2) is 12.1 Å². The number of pyridine rings is 1. The van der Waals surface area contributed by atoms with Crippen molar-refractivity contribution >= 4 is 23.4 Å². The van der Waals surface area contributed by atoms with Crippen molar-refractivity contribution in [2.45, 2.75) is 12.8 Å². The second-order valence-electron chi connectivity index (χ2n) is 4.75. The van der Waals surface area contributed by atoms with E-state index in [9.17, 15) is 4.79 Å². The van der Waals surface area contributed by atoms with Crippen molar-refractivity contribution in [3.63, 3.8) is 0 Å². The third kappa shape index (κ3) is 4.08. The Bertz CT molecular complexity index is 463. The minimum atomic E-state index is -1.01. The molecule has 0 atom stereocenters. The Balaban J connectivity index is 1.93. The van der Waals surface area contributed by atoms with Gasteiger partial charge in [-0.3, -0.25) is 0 Å². The Morgan fingerprint density at radius 1 is 1.58 bits per heavy atom. The molecule has 1 aliphatic carbocycles. The molecule has 0 amide bonds. The molecule has 0 saturated heterocycles. The summed E-state index contributed by atoms with van der Waals surface area (Å²) in [6.45, 7) is 1.93. The molecule has 0 aliphatic heterocycles. The Morgan fingerprint density at radius 3 is 2.95 bits per heavy atom. The van der Waals surface area contributed by atoms with E-state index in [4.69, 9.17) is 21.4 Å². The van der Waals surface area contributed by atoms with Gasteiger partial charge in [-0.25, -0.2) is 9.78 Å². The fourth-order valence-electron chi connectivity index (χ4n) is 1.73. The van der Waals surface area contributed by atoms with Crippen LogP contribution in [-0.2, 0) is 4.74 Å². The lowest BCUT2D eigenvalue weighted by Crippen LogP contribution is -2.26. The minimum Gasteiger partial charge on any atom is -0.478 e. The van der Waals surface area contributed by atoms with Crippen molar-refractivity contribution in [1.29, 1.82) is 0 Å². The summed E-state index contributed by atoms with van der Waals surface area (Å²) in [5.41, 5.74) is 0.147. The number of carboxylic acids is 1. The van der Waals surface area contributed by atoms with Gasteiger partial charge in [-0.05, 0) is 30.9 Å². The topological polar surface area (TPSA) is 62.7 Å². The Kier molecular flexibility index (Phi) is 4.61. The van der Waals surface area contributed by atoms with E-state index in [0.717, 1.165) is 12.5 Å². The molecule has 1 aromatic rings. The van der Waals surface area contributed by atoms with E-state index >= 15 is 0 Å². The fourth-order valence-corrected chi connectivity index (χ4v) is 1.87. The predicted molar refractivity (Wildman–Crippen MR) is 73.0 cm³/mol. The maximum absolute atomic E-state index is 11.1. The van der Waals surface area contributed by atoms with Crippen LogP contribution in [-0.4, -0.2) is 42.9 Å². The molecule has 1 saturated carbocycles. The summed E-state index contributed by atoms with van der Waals surface area (Å²) in [7, 11) is 1.78. The maximum Gasteiger partial charge on any atom is 0.339 e. The van der Waals surface area contributed by atoms with Gasteiger partial charge in [-0.2, -0.15) is 0 Å². The molecule has 0 bridgehead atoms. The first-order chi connectivity index (χ1) is 9.08. The number of hydrogen-bond donors (Lipinski definition) is 1. The largest absolute Gasteiger partial charge is 0.478 e. The van der Waals surface area contributed by atoms with Gasteiger partial charge in [-0.1, -0.05) is 11.6 Å². The summed E-state index contributed by atoms with van der Waals surface area (Å²) < 4.78 is 5.53. The summed E-state index contributed by atoms with van der Waals surface area (Å²) in [6.07, 6.45) is 2.52. The number of carboxylic acid groups (broad SMARTS) is 1. The molecule has 19 heavy (non-hydrogen) atoms. The van der Waals surface area contributed by atoms with Gasteiger partial charge in [0.1, 0.15) is 16.5 Å².